The molecule has 0 fully saturated rings. The number of amides is 1. The van der Waals surface area contributed by atoms with E-state index in [0.29, 0.717) is 58.0 Å². The number of hydrogen-bond donors (Lipinski definition) is 5. The van der Waals surface area contributed by atoms with E-state index in [4.69, 9.17) is 5.73 Å². The maximum Gasteiger partial charge on any atom is 0.219 e. The number of aliphatic hydroxyl groups is 3. The van der Waals surface area contributed by atoms with Gasteiger partial charge in [0.1, 0.15) is 0 Å². The van der Waals surface area contributed by atoms with Crippen LogP contribution < -0.4 is 11.1 Å². The number of rotatable bonds is 29. The Balaban J connectivity index is 3.48. The van der Waals surface area contributed by atoms with Crippen LogP contribution in [-0.4, -0.2) is 52.6 Å². The third kappa shape index (κ3) is 31.4. The van der Waals surface area contributed by atoms with Crippen molar-refractivity contribution < 1.29 is 20.1 Å². The highest BCUT2D eigenvalue weighted by atomic mass is 16.3. The smallest absolute Gasteiger partial charge is 0.219 e. The first-order valence-corrected chi connectivity index (χ1v) is 17.5. The molecule has 3 atom stereocenters. The summed E-state index contributed by atoms with van der Waals surface area (Å²) in [6, 6.07) is 0. The lowest BCUT2D eigenvalue weighted by atomic mass is 10.0. The van der Waals surface area contributed by atoms with Crippen LogP contribution in [0.2, 0.25) is 0 Å². The zero-order valence-corrected chi connectivity index (χ0v) is 27.2. The second kappa shape index (κ2) is 32.3. The Kier molecular flexibility index (Phi) is 31.1. The highest BCUT2D eigenvalue weighted by Gasteiger charge is 2.12. The first kappa shape index (κ1) is 40.4. The van der Waals surface area contributed by atoms with Crippen molar-refractivity contribution in [3.63, 3.8) is 0 Å². The van der Waals surface area contributed by atoms with E-state index in [1.807, 2.05) is 0 Å². The summed E-state index contributed by atoms with van der Waals surface area (Å²) in [5.74, 6) is 12.4. The maximum atomic E-state index is 12.0. The zero-order chi connectivity index (χ0) is 30.9. The Morgan fingerprint density at radius 1 is 0.595 bits per heavy atom. The number of unbranched alkanes of at least 4 members (excludes halogenated alkanes) is 16. The van der Waals surface area contributed by atoms with Gasteiger partial charge in [0.25, 0.3) is 0 Å². The average molecular weight is 591 g/mol. The molecular weight excluding hydrogens is 524 g/mol. The Hall–Kier alpha value is -1.57. The van der Waals surface area contributed by atoms with Crippen molar-refractivity contribution >= 4 is 5.91 Å². The van der Waals surface area contributed by atoms with E-state index in [1.54, 1.807) is 0 Å². The van der Waals surface area contributed by atoms with Gasteiger partial charge >= 0.3 is 0 Å². The highest BCUT2D eigenvalue weighted by Crippen LogP contribution is 2.13. The highest BCUT2D eigenvalue weighted by molar-refractivity contribution is 5.75. The van der Waals surface area contributed by atoms with Crippen LogP contribution in [0.5, 0.6) is 0 Å². The molecule has 0 aliphatic heterocycles. The van der Waals surface area contributed by atoms with Gasteiger partial charge in [0.15, 0.2) is 0 Å². The van der Waals surface area contributed by atoms with E-state index in [1.165, 1.54) is 77.0 Å². The van der Waals surface area contributed by atoms with Crippen molar-refractivity contribution in [1.82, 2.24) is 5.32 Å². The lowest BCUT2D eigenvalue weighted by Gasteiger charge is -2.16. The van der Waals surface area contributed by atoms with Crippen molar-refractivity contribution in [2.24, 2.45) is 5.73 Å². The fourth-order valence-electron chi connectivity index (χ4n) is 4.98. The quantitative estimate of drug-likeness (QED) is 0.0479. The average Bonchev–Trinajstić information content (AvgIpc) is 2.97. The van der Waals surface area contributed by atoms with E-state index in [9.17, 15) is 20.1 Å². The van der Waals surface area contributed by atoms with Crippen LogP contribution in [0.4, 0.5) is 0 Å². The van der Waals surface area contributed by atoms with Crippen LogP contribution in [0.25, 0.3) is 0 Å². The standard InChI is InChI=1S/C36H66N2O4/c1-2-3-4-5-6-7-8-9-10-11-12-13-14-15-16-17-18-19-20-21-22-23-24-36(42)38-32-30-35(41)28-26-33(39)25-27-34(40)29-31-37/h33-35,39-41H,2-12,17-32,37H2,1H3,(H,38,42). The van der Waals surface area contributed by atoms with Crippen LogP contribution >= 0.6 is 0 Å². The van der Waals surface area contributed by atoms with E-state index in [-0.39, 0.29) is 5.91 Å². The van der Waals surface area contributed by atoms with Gasteiger partial charge in [-0.25, -0.2) is 0 Å². The minimum atomic E-state index is -0.542. The molecule has 0 rings (SSSR count). The molecule has 0 radical (unpaired) electrons. The summed E-state index contributed by atoms with van der Waals surface area (Å²) in [6.45, 7) is 3.16. The van der Waals surface area contributed by atoms with Gasteiger partial charge in [-0.3, -0.25) is 4.79 Å². The summed E-state index contributed by atoms with van der Waals surface area (Å²) < 4.78 is 0. The van der Waals surface area contributed by atoms with Gasteiger partial charge in [0.05, 0.1) is 18.3 Å². The number of hydrogen-bond acceptors (Lipinski definition) is 5. The summed E-state index contributed by atoms with van der Waals surface area (Å²) >= 11 is 0. The predicted octanol–water partition coefficient (Wildman–Crippen LogP) is 6.92. The fourth-order valence-corrected chi connectivity index (χ4v) is 4.98. The lowest BCUT2D eigenvalue weighted by Crippen LogP contribution is -2.27. The molecule has 0 saturated carbocycles. The van der Waals surface area contributed by atoms with Gasteiger partial charge in [-0.05, 0) is 76.2 Å². The summed E-state index contributed by atoms with van der Waals surface area (Å²) in [5, 5.41) is 32.6. The molecule has 0 aliphatic carbocycles. The van der Waals surface area contributed by atoms with Crippen LogP contribution in [0, 0.1) is 23.7 Å². The van der Waals surface area contributed by atoms with Crippen LogP contribution in [0.3, 0.4) is 0 Å². The van der Waals surface area contributed by atoms with Crippen LogP contribution in [-0.2, 0) is 4.79 Å². The molecule has 0 bridgehead atoms. The fraction of sp³-hybridized carbons (Fsp3) is 0.861. The normalized spacial score (nSPS) is 13.0. The summed E-state index contributed by atoms with van der Waals surface area (Å²) in [6.07, 6.45) is 24.0. The van der Waals surface area contributed by atoms with Gasteiger partial charge in [-0.1, -0.05) is 102 Å². The molecule has 0 aromatic carbocycles. The second-order valence-corrected chi connectivity index (χ2v) is 12.0. The van der Waals surface area contributed by atoms with Gasteiger partial charge in [-0.15, -0.1) is 0 Å². The number of nitrogens with two attached hydrogens (primary N) is 1. The van der Waals surface area contributed by atoms with Gasteiger partial charge in [0.2, 0.25) is 5.91 Å². The van der Waals surface area contributed by atoms with Gasteiger partial charge < -0.3 is 26.4 Å². The molecule has 6 N–H and O–H groups in total. The molecule has 0 heterocycles. The maximum absolute atomic E-state index is 12.0. The van der Waals surface area contributed by atoms with Crippen molar-refractivity contribution in [2.75, 3.05) is 13.1 Å². The molecule has 244 valence electrons. The molecule has 0 spiro atoms. The first-order valence-electron chi connectivity index (χ1n) is 17.5. The molecule has 0 saturated heterocycles. The minimum absolute atomic E-state index is 0.0423. The molecule has 1 amide bonds. The molecule has 0 aliphatic rings. The number of aliphatic hydroxyl groups excluding tert-OH is 3. The van der Waals surface area contributed by atoms with Crippen LogP contribution in [0.15, 0.2) is 0 Å². The molecule has 42 heavy (non-hydrogen) atoms. The largest absolute Gasteiger partial charge is 0.393 e. The van der Waals surface area contributed by atoms with E-state index >= 15 is 0 Å². The van der Waals surface area contributed by atoms with Crippen molar-refractivity contribution in [2.45, 2.75) is 186 Å². The molecule has 6 nitrogen and oxygen atoms in total. The SMILES string of the molecule is CCCCCCCCCCCCC#CC#CCCCCCCCCC(=O)NCCC(O)CCC(O)CCC(O)CCN. The lowest BCUT2D eigenvalue weighted by molar-refractivity contribution is -0.121. The van der Waals surface area contributed by atoms with Crippen molar-refractivity contribution in [3.8, 4) is 23.7 Å². The van der Waals surface area contributed by atoms with E-state index < -0.39 is 18.3 Å². The number of carbonyl (C=O) groups is 1. The summed E-state index contributed by atoms with van der Waals surface area (Å²) in [4.78, 5) is 12.0. The molecular formula is C36H66N2O4. The molecule has 6 heteroatoms. The Morgan fingerprint density at radius 3 is 1.48 bits per heavy atom. The second-order valence-electron chi connectivity index (χ2n) is 12.0. The zero-order valence-electron chi connectivity index (χ0n) is 27.2. The number of carbonyl (C=O) groups excluding carboxylic acids is 1. The summed E-state index contributed by atoms with van der Waals surface area (Å²) in [7, 11) is 0. The van der Waals surface area contributed by atoms with Crippen molar-refractivity contribution in [1.29, 1.82) is 0 Å². The Morgan fingerprint density at radius 2 is 1.00 bits per heavy atom. The topological polar surface area (TPSA) is 116 Å². The predicted molar refractivity (Wildman–Crippen MR) is 177 cm³/mol. The van der Waals surface area contributed by atoms with E-state index in [0.717, 1.165) is 38.5 Å². The minimum Gasteiger partial charge on any atom is -0.393 e. The van der Waals surface area contributed by atoms with Gasteiger partial charge in [0, 0.05) is 25.8 Å². The third-order valence-corrected chi connectivity index (χ3v) is 7.82. The Labute approximate surface area is 259 Å². The first-order chi connectivity index (χ1) is 20.5. The van der Waals surface area contributed by atoms with Gasteiger partial charge in [-0.2, -0.15) is 0 Å². The van der Waals surface area contributed by atoms with Crippen molar-refractivity contribution in [3.05, 3.63) is 0 Å². The van der Waals surface area contributed by atoms with Crippen LogP contribution in [0.1, 0.15) is 167 Å². The molecule has 0 aromatic heterocycles. The Bertz CT molecular complexity index is 721. The van der Waals surface area contributed by atoms with E-state index in [2.05, 4.69) is 35.9 Å². The number of nitrogens with one attached hydrogen (secondary N) is 1. The molecule has 0 aromatic rings. The summed E-state index contributed by atoms with van der Waals surface area (Å²) in [5.41, 5.74) is 5.41. The monoisotopic (exact) mass is 591 g/mol. The molecule has 3 unspecified atom stereocenters. The third-order valence-electron chi connectivity index (χ3n) is 7.82.